The Balaban J connectivity index is 3.26. The molecule has 0 rings (SSSR count). The molecule has 0 aliphatic rings. The zero-order valence-corrected chi connectivity index (χ0v) is 9.27. The SMILES string of the molecule is CC(C)CC(C)CCCCC(=N)N. The first kappa shape index (κ1) is 12.5. The molecule has 78 valence electrons. The molecule has 0 radical (unpaired) electrons. The topological polar surface area (TPSA) is 49.9 Å². The van der Waals surface area contributed by atoms with Gasteiger partial charge in [-0.15, -0.1) is 0 Å². The Morgan fingerprint density at radius 2 is 1.85 bits per heavy atom. The Morgan fingerprint density at radius 3 is 2.31 bits per heavy atom. The van der Waals surface area contributed by atoms with Gasteiger partial charge in [-0.1, -0.05) is 33.6 Å². The lowest BCUT2D eigenvalue weighted by atomic mass is 9.94. The van der Waals surface area contributed by atoms with E-state index in [-0.39, 0.29) is 0 Å². The third kappa shape index (κ3) is 9.38. The van der Waals surface area contributed by atoms with E-state index in [0.717, 1.165) is 24.7 Å². The molecular formula is C11H24N2. The number of hydrogen-bond acceptors (Lipinski definition) is 1. The van der Waals surface area contributed by atoms with Crippen LogP contribution in [0.2, 0.25) is 0 Å². The number of amidine groups is 1. The summed E-state index contributed by atoms with van der Waals surface area (Å²) in [5.74, 6) is 1.96. The minimum absolute atomic E-state index is 0.330. The van der Waals surface area contributed by atoms with Crippen molar-refractivity contribution in [2.45, 2.75) is 52.9 Å². The molecule has 0 spiro atoms. The minimum atomic E-state index is 0.330. The van der Waals surface area contributed by atoms with Crippen LogP contribution in [0.1, 0.15) is 52.9 Å². The van der Waals surface area contributed by atoms with Crippen LogP contribution in [0.15, 0.2) is 0 Å². The average molecular weight is 184 g/mol. The molecule has 1 unspecified atom stereocenters. The zero-order chi connectivity index (χ0) is 10.3. The summed E-state index contributed by atoms with van der Waals surface area (Å²) < 4.78 is 0. The fourth-order valence-electron chi connectivity index (χ4n) is 1.73. The first-order chi connectivity index (χ1) is 6.02. The van der Waals surface area contributed by atoms with Gasteiger partial charge in [0.25, 0.3) is 0 Å². The molecule has 2 heteroatoms. The van der Waals surface area contributed by atoms with Crippen molar-refractivity contribution in [1.29, 1.82) is 5.41 Å². The van der Waals surface area contributed by atoms with Crippen molar-refractivity contribution in [2.75, 3.05) is 0 Å². The van der Waals surface area contributed by atoms with Crippen LogP contribution in [-0.4, -0.2) is 5.84 Å². The smallest absolute Gasteiger partial charge is 0.0905 e. The normalized spacial score (nSPS) is 13.2. The monoisotopic (exact) mass is 184 g/mol. The van der Waals surface area contributed by atoms with Gasteiger partial charge in [0.1, 0.15) is 0 Å². The zero-order valence-electron chi connectivity index (χ0n) is 9.27. The molecule has 0 aromatic rings. The molecule has 1 atom stereocenters. The summed E-state index contributed by atoms with van der Waals surface area (Å²) in [6.07, 6.45) is 5.67. The van der Waals surface area contributed by atoms with Crippen molar-refractivity contribution in [3.8, 4) is 0 Å². The van der Waals surface area contributed by atoms with Crippen LogP contribution in [-0.2, 0) is 0 Å². The summed E-state index contributed by atoms with van der Waals surface area (Å²) in [4.78, 5) is 0. The summed E-state index contributed by atoms with van der Waals surface area (Å²) >= 11 is 0. The van der Waals surface area contributed by atoms with Crippen LogP contribution in [0.4, 0.5) is 0 Å². The third-order valence-corrected chi connectivity index (χ3v) is 2.27. The molecular weight excluding hydrogens is 160 g/mol. The number of nitrogens with one attached hydrogen (secondary N) is 1. The Kier molecular flexibility index (Phi) is 6.65. The van der Waals surface area contributed by atoms with E-state index < -0.39 is 0 Å². The Morgan fingerprint density at radius 1 is 1.23 bits per heavy atom. The number of unbranched alkanes of at least 4 members (excludes halogenated alkanes) is 1. The lowest BCUT2D eigenvalue weighted by Crippen LogP contribution is -2.09. The van der Waals surface area contributed by atoms with Gasteiger partial charge in [0.15, 0.2) is 0 Å². The second kappa shape index (κ2) is 6.93. The van der Waals surface area contributed by atoms with Gasteiger partial charge in [-0.2, -0.15) is 0 Å². The van der Waals surface area contributed by atoms with Crippen molar-refractivity contribution in [3.05, 3.63) is 0 Å². The van der Waals surface area contributed by atoms with Crippen molar-refractivity contribution < 1.29 is 0 Å². The van der Waals surface area contributed by atoms with E-state index in [0.29, 0.717) is 5.84 Å². The Bertz CT molecular complexity index is 141. The number of rotatable bonds is 7. The number of hydrogen-bond donors (Lipinski definition) is 2. The van der Waals surface area contributed by atoms with Crippen LogP contribution < -0.4 is 5.73 Å². The molecule has 0 aliphatic heterocycles. The van der Waals surface area contributed by atoms with Crippen molar-refractivity contribution in [1.82, 2.24) is 0 Å². The molecule has 0 aliphatic carbocycles. The highest BCUT2D eigenvalue weighted by Gasteiger charge is 2.04. The van der Waals surface area contributed by atoms with Gasteiger partial charge in [-0.3, -0.25) is 5.41 Å². The van der Waals surface area contributed by atoms with Crippen LogP contribution in [0.3, 0.4) is 0 Å². The summed E-state index contributed by atoms with van der Waals surface area (Å²) in [6, 6.07) is 0. The highest BCUT2D eigenvalue weighted by atomic mass is 14.7. The third-order valence-electron chi connectivity index (χ3n) is 2.27. The van der Waals surface area contributed by atoms with E-state index in [1.807, 2.05) is 0 Å². The van der Waals surface area contributed by atoms with E-state index in [9.17, 15) is 0 Å². The van der Waals surface area contributed by atoms with E-state index in [2.05, 4.69) is 20.8 Å². The fraction of sp³-hybridized carbons (Fsp3) is 0.909. The molecule has 0 bridgehead atoms. The molecule has 0 aromatic heterocycles. The Hall–Kier alpha value is -0.530. The van der Waals surface area contributed by atoms with Gasteiger partial charge >= 0.3 is 0 Å². The molecule has 13 heavy (non-hydrogen) atoms. The van der Waals surface area contributed by atoms with Crippen molar-refractivity contribution >= 4 is 5.84 Å². The maximum Gasteiger partial charge on any atom is 0.0905 e. The molecule has 0 aromatic carbocycles. The van der Waals surface area contributed by atoms with Gasteiger partial charge in [-0.25, -0.2) is 0 Å². The molecule has 0 amide bonds. The van der Waals surface area contributed by atoms with Gasteiger partial charge in [0.05, 0.1) is 5.84 Å². The largest absolute Gasteiger partial charge is 0.388 e. The van der Waals surface area contributed by atoms with Crippen LogP contribution in [0, 0.1) is 17.2 Å². The molecule has 0 fully saturated rings. The first-order valence-electron chi connectivity index (χ1n) is 5.35. The Labute approximate surface area is 82.4 Å². The predicted molar refractivity (Wildman–Crippen MR) is 59.0 cm³/mol. The second-order valence-corrected chi connectivity index (χ2v) is 4.51. The lowest BCUT2D eigenvalue weighted by molar-refractivity contribution is 0.402. The fourth-order valence-corrected chi connectivity index (χ4v) is 1.73. The summed E-state index contributed by atoms with van der Waals surface area (Å²) in [5, 5.41) is 7.07. The van der Waals surface area contributed by atoms with Gasteiger partial charge in [-0.05, 0) is 24.7 Å². The van der Waals surface area contributed by atoms with E-state index in [1.165, 1.54) is 19.3 Å². The van der Waals surface area contributed by atoms with Crippen LogP contribution >= 0.6 is 0 Å². The maximum absolute atomic E-state index is 7.07. The molecule has 3 N–H and O–H groups in total. The highest BCUT2D eigenvalue weighted by Crippen LogP contribution is 2.17. The van der Waals surface area contributed by atoms with Crippen molar-refractivity contribution in [2.24, 2.45) is 17.6 Å². The van der Waals surface area contributed by atoms with Gasteiger partial charge < -0.3 is 5.73 Å². The van der Waals surface area contributed by atoms with E-state index in [1.54, 1.807) is 0 Å². The van der Waals surface area contributed by atoms with Crippen LogP contribution in [0.25, 0.3) is 0 Å². The number of nitrogens with two attached hydrogens (primary N) is 1. The van der Waals surface area contributed by atoms with E-state index in [4.69, 9.17) is 11.1 Å². The quantitative estimate of drug-likeness (QED) is 0.356. The summed E-state index contributed by atoms with van der Waals surface area (Å²) in [6.45, 7) is 6.85. The van der Waals surface area contributed by atoms with Gasteiger partial charge in [0.2, 0.25) is 0 Å². The van der Waals surface area contributed by atoms with Crippen LogP contribution in [0.5, 0.6) is 0 Å². The molecule has 0 heterocycles. The maximum atomic E-state index is 7.07. The second-order valence-electron chi connectivity index (χ2n) is 4.51. The summed E-state index contributed by atoms with van der Waals surface area (Å²) in [5.41, 5.74) is 5.27. The van der Waals surface area contributed by atoms with Crippen molar-refractivity contribution in [3.63, 3.8) is 0 Å². The van der Waals surface area contributed by atoms with E-state index >= 15 is 0 Å². The minimum Gasteiger partial charge on any atom is -0.388 e. The molecule has 0 saturated heterocycles. The standard InChI is InChI=1S/C11H24N2/c1-9(2)8-10(3)6-4-5-7-11(12)13/h9-10H,4-8H2,1-3H3,(H3,12,13). The predicted octanol–water partition coefficient (Wildman–Crippen LogP) is 3.16. The highest BCUT2D eigenvalue weighted by molar-refractivity contribution is 5.76. The summed E-state index contributed by atoms with van der Waals surface area (Å²) in [7, 11) is 0. The first-order valence-corrected chi connectivity index (χ1v) is 5.35. The lowest BCUT2D eigenvalue weighted by Gasteiger charge is -2.13. The molecule has 2 nitrogen and oxygen atoms in total. The molecule has 0 saturated carbocycles. The van der Waals surface area contributed by atoms with Gasteiger partial charge in [0, 0.05) is 6.42 Å². The average Bonchev–Trinajstić information content (AvgIpc) is 1.96.